The van der Waals surface area contributed by atoms with E-state index >= 15 is 0 Å². The molecule has 0 saturated heterocycles. The predicted molar refractivity (Wildman–Crippen MR) is 78.1 cm³/mol. The zero-order valence-corrected chi connectivity index (χ0v) is 12.1. The average Bonchev–Trinajstić information content (AvgIpc) is 2.48. The first kappa shape index (κ1) is 14.3. The molecule has 0 aliphatic rings. The van der Waals surface area contributed by atoms with Crippen LogP contribution in [-0.4, -0.2) is 18.0 Å². The minimum Gasteiger partial charge on any atom is -0.495 e. The molecule has 1 aromatic carbocycles. The van der Waals surface area contributed by atoms with Crippen molar-refractivity contribution in [1.82, 2.24) is 10.3 Å². The first-order valence-electron chi connectivity index (χ1n) is 6.13. The Morgan fingerprint density at radius 3 is 2.90 bits per heavy atom. The maximum Gasteiger partial charge on any atom is 0.253 e. The van der Waals surface area contributed by atoms with Crippen molar-refractivity contribution in [1.29, 1.82) is 0 Å². The number of ether oxygens (including phenoxy) is 1. The van der Waals surface area contributed by atoms with Crippen LogP contribution in [0.3, 0.4) is 0 Å². The molecule has 1 amide bonds. The molecular formula is C15H15ClN2O2. The van der Waals surface area contributed by atoms with E-state index in [4.69, 9.17) is 16.3 Å². The number of rotatable bonds is 4. The van der Waals surface area contributed by atoms with Crippen molar-refractivity contribution in [2.75, 3.05) is 7.11 Å². The third-order valence-corrected chi connectivity index (χ3v) is 3.27. The first-order valence-corrected chi connectivity index (χ1v) is 6.51. The monoisotopic (exact) mass is 290 g/mol. The Hall–Kier alpha value is -2.07. The Kier molecular flexibility index (Phi) is 4.58. The smallest absolute Gasteiger partial charge is 0.253 e. The van der Waals surface area contributed by atoms with Gasteiger partial charge in [-0.15, -0.1) is 0 Å². The molecule has 0 spiro atoms. The largest absolute Gasteiger partial charge is 0.495 e. The Morgan fingerprint density at radius 1 is 1.45 bits per heavy atom. The summed E-state index contributed by atoms with van der Waals surface area (Å²) < 4.78 is 5.15. The number of halogens is 1. The summed E-state index contributed by atoms with van der Waals surface area (Å²) in [6.07, 6.45) is 3.16. The summed E-state index contributed by atoms with van der Waals surface area (Å²) in [6.45, 7) is 2.35. The zero-order valence-electron chi connectivity index (χ0n) is 11.3. The standard InChI is InChI=1S/C15H15ClN2O2/c1-10-6-14(20-2)13(16)7-12(10)9-18-15(19)11-4-3-5-17-8-11/h3-8H,9H2,1-2H3,(H,18,19). The third kappa shape index (κ3) is 3.27. The highest BCUT2D eigenvalue weighted by Gasteiger charge is 2.09. The van der Waals surface area contributed by atoms with E-state index < -0.39 is 0 Å². The van der Waals surface area contributed by atoms with Gasteiger partial charge in [-0.05, 0) is 42.3 Å². The predicted octanol–water partition coefficient (Wildman–Crippen LogP) is 2.98. The molecule has 0 aliphatic heterocycles. The van der Waals surface area contributed by atoms with Gasteiger partial charge in [0.1, 0.15) is 5.75 Å². The van der Waals surface area contributed by atoms with Crippen molar-refractivity contribution < 1.29 is 9.53 Å². The Morgan fingerprint density at radius 2 is 2.25 bits per heavy atom. The minimum absolute atomic E-state index is 0.163. The molecule has 20 heavy (non-hydrogen) atoms. The van der Waals surface area contributed by atoms with Crippen LogP contribution in [0.5, 0.6) is 5.75 Å². The van der Waals surface area contributed by atoms with Gasteiger partial charge in [0, 0.05) is 18.9 Å². The number of pyridine rings is 1. The highest BCUT2D eigenvalue weighted by Crippen LogP contribution is 2.27. The first-order chi connectivity index (χ1) is 9.61. The van der Waals surface area contributed by atoms with E-state index in [2.05, 4.69) is 10.3 Å². The number of aryl methyl sites for hydroxylation is 1. The second-order valence-electron chi connectivity index (χ2n) is 4.34. The molecule has 0 atom stereocenters. The van der Waals surface area contributed by atoms with E-state index in [1.807, 2.05) is 13.0 Å². The molecule has 1 aromatic heterocycles. The second kappa shape index (κ2) is 6.39. The van der Waals surface area contributed by atoms with E-state index in [9.17, 15) is 4.79 Å². The molecule has 1 heterocycles. The Balaban J connectivity index is 2.08. The summed E-state index contributed by atoms with van der Waals surface area (Å²) in [6, 6.07) is 7.10. The molecule has 2 rings (SSSR count). The van der Waals surface area contributed by atoms with E-state index in [1.165, 1.54) is 6.20 Å². The lowest BCUT2D eigenvalue weighted by atomic mass is 10.1. The molecule has 0 unspecified atom stereocenters. The molecule has 0 fully saturated rings. The Labute approximate surface area is 122 Å². The number of benzene rings is 1. The SMILES string of the molecule is COc1cc(C)c(CNC(=O)c2cccnc2)cc1Cl. The van der Waals surface area contributed by atoms with Gasteiger partial charge in [-0.2, -0.15) is 0 Å². The van der Waals surface area contributed by atoms with Gasteiger partial charge in [-0.1, -0.05) is 11.6 Å². The van der Waals surface area contributed by atoms with E-state index in [0.29, 0.717) is 22.9 Å². The number of nitrogens with zero attached hydrogens (tertiary/aromatic N) is 1. The van der Waals surface area contributed by atoms with Gasteiger partial charge in [-0.3, -0.25) is 9.78 Å². The van der Waals surface area contributed by atoms with Gasteiger partial charge >= 0.3 is 0 Å². The summed E-state index contributed by atoms with van der Waals surface area (Å²) in [4.78, 5) is 15.8. The molecule has 0 radical (unpaired) electrons. The highest BCUT2D eigenvalue weighted by atomic mass is 35.5. The maximum atomic E-state index is 11.9. The van der Waals surface area contributed by atoms with Crippen LogP contribution in [0, 0.1) is 6.92 Å². The molecule has 0 aliphatic carbocycles. The zero-order chi connectivity index (χ0) is 14.5. The number of methoxy groups -OCH3 is 1. The minimum atomic E-state index is -0.163. The summed E-state index contributed by atoms with van der Waals surface area (Å²) in [7, 11) is 1.57. The lowest BCUT2D eigenvalue weighted by Crippen LogP contribution is -2.23. The van der Waals surface area contributed by atoms with E-state index in [0.717, 1.165) is 11.1 Å². The lowest BCUT2D eigenvalue weighted by Gasteiger charge is -2.11. The fraction of sp³-hybridized carbons (Fsp3) is 0.200. The van der Waals surface area contributed by atoms with Gasteiger partial charge < -0.3 is 10.1 Å². The number of hydrogen-bond donors (Lipinski definition) is 1. The highest BCUT2D eigenvalue weighted by molar-refractivity contribution is 6.32. The van der Waals surface area contributed by atoms with Crippen molar-refractivity contribution in [3.63, 3.8) is 0 Å². The molecule has 2 aromatic rings. The average molecular weight is 291 g/mol. The van der Waals surface area contributed by atoms with E-state index in [1.54, 1.807) is 31.5 Å². The topological polar surface area (TPSA) is 51.2 Å². The van der Waals surface area contributed by atoms with Gasteiger partial charge in [0.15, 0.2) is 0 Å². The quantitative estimate of drug-likeness (QED) is 0.942. The Bertz CT molecular complexity index is 615. The van der Waals surface area contributed by atoms with Crippen molar-refractivity contribution in [2.45, 2.75) is 13.5 Å². The van der Waals surface area contributed by atoms with Crippen molar-refractivity contribution in [3.8, 4) is 5.75 Å². The van der Waals surface area contributed by atoms with Crippen LogP contribution in [0.1, 0.15) is 21.5 Å². The van der Waals surface area contributed by atoms with Gasteiger partial charge in [0.25, 0.3) is 5.91 Å². The van der Waals surface area contributed by atoms with Crippen LogP contribution in [0.15, 0.2) is 36.7 Å². The molecule has 5 heteroatoms. The van der Waals surface area contributed by atoms with Crippen molar-refractivity contribution in [3.05, 3.63) is 58.4 Å². The number of carbonyl (C=O) groups is 1. The van der Waals surface area contributed by atoms with Gasteiger partial charge in [0.05, 0.1) is 17.7 Å². The van der Waals surface area contributed by atoms with Crippen LogP contribution < -0.4 is 10.1 Å². The van der Waals surface area contributed by atoms with Gasteiger partial charge in [0.2, 0.25) is 0 Å². The van der Waals surface area contributed by atoms with Crippen LogP contribution >= 0.6 is 11.6 Å². The van der Waals surface area contributed by atoms with E-state index in [-0.39, 0.29) is 5.91 Å². The van der Waals surface area contributed by atoms with Crippen LogP contribution in [-0.2, 0) is 6.54 Å². The summed E-state index contributed by atoms with van der Waals surface area (Å²) in [5, 5.41) is 3.37. The van der Waals surface area contributed by atoms with Crippen molar-refractivity contribution >= 4 is 17.5 Å². The normalized spacial score (nSPS) is 10.2. The summed E-state index contributed by atoms with van der Waals surface area (Å²) >= 11 is 6.09. The van der Waals surface area contributed by atoms with Crippen LogP contribution in [0.2, 0.25) is 5.02 Å². The number of carbonyl (C=O) groups excluding carboxylic acids is 1. The maximum absolute atomic E-state index is 11.9. The lowest BCUT2D eigenvalue weighted by molar-refractivity contribution is 0.0950. The molecule has 0 bridgehead atoms. The fourth-order valence-corrected chi connectivity index (χ4v) is 2.08. The number of aromatic nitrogens is 1. The number of nitrogens with one attached hydrogen (secondary N) is 1. The second-order valence-corrected chi connectivity index (χ2v) is 4.74. The number of hydrogen-bond acceptors (Lipinski definition) is 3. The third-order valence-electron chi connectivity index (χ3n) is 2.97. The van der Waals surface area contributed by atoms with Gasteiger partial charge in [-0.25, -0.2) is 0 Å². The fourth-order valence-electron chi connectivity index (χ4n) is 1.82. The molecule has 1 N–H and O–H groups in total. The van der Waals surface area contributed by atoms with Crippen LogP contribution in [0.25, 0.3) is 0 Å². The van der Waals surface area contributed by atoms with Crippen molar-refractivity contribution in [2.24, 2.45) is 0 Å². The molecular weight excluding hydrogens is 276 g/mol. The molecule has 4 nitrogen and oxygen atoms in total. The van der Waals surface area contributed by atoms with Crippen LogP contribution in [0.4, 0.5) is 0 Å². The number of amides is 1. The molecule has 0 saturated carbocycles. The molecule has 104 valence electrons. The summed E-state index contributed by atoms with van der Waals surface area (Å²) in [5.41, 5.74) is 2.50. The summed E-state index contributed by atoms with van der Waals surface area (Å²) in [5.74, 6) is 0.468.